The van der Waals surface area contributed by atoms with Gasteiger partial charge in [-0.3, -0.25) is 4.79 Å². The third-order valence-corrected chi connectivity index (χ3v) is 3.79. The molecular weight excluding hydrogens is 260 g/mol. The van der Waals surface area contributed by atoms with Gasteiger partial charge in [-0.15, -0.1) is 11.3 Å². The van der Waals surface area contributed by atoms with Crippen molar-refractivity contribution in [1.82, 2.24) is 4.98 Å². The highest BCUT2D eigenvalue weighted by atomic mass is 32.1. The predicted molar refractivity (Wildman–Crippen MR) is 74.4 cm³/mol. The van der Waals surface area contributed by atoms with Gasteiger partial charge in [-0.25, -0.2) is 4.98 Å². The van der Waals surface area contributed by atoms with Crippen LogP contribution in [-0.4, -0.2) is 10.8 Å². The zero-order valence-corrected chi connectivity index (χ0v) is 11.2. The quantitative estimate of drug-likeness (QED) is 0.744. The summed E-state index contributed by atoms with van der Waals surface area (Å²) in [6.07, 6.45) is 0. The Hall–Kier alpha value is -1.98. The number of nitrogens with zero attached hydrogens (tertiary/aromatic N) is 1. The van der Waals surface area contributed by atoms with E-state index in [0.29, 0.717) is 18.0 Å². The molecule has 0 fully saturated rings. The van der Waals surface area contributed by atoms with E-state index in [1.54, 1.807) is 11.4 Å². The summed E-state index contributed by atoms with van der Waals surface area (Å²) < 4.78 is 5.64. The average molecular weight is 272 g/mol. The molecular formula is C14H12N2O2S. The first kappa shape index (κ1) is 12.1. The maximum atomic E-state index is 12.3. The second-order valence-corrected chi connectivity index (χ2v) is 5.21. The van der Waals surface area contributed by atoms with E-state index in [1.165, 1.54) is 11.3 Å². The number of thiazole rings is 1. The van der Waals surface area contributed by atoms with E-state index in [1.807, 2.05) is 25.1 Å². The number of furan rings is 1. The van der Waals surface area contributed by atoms with Crippen molar-refractivity contribution in [3.63, 3.8) is 0 Å². The van der Waals surface area contributed by atoms with E-state index in [-0.39, 0.29) is 5.78 Å². The lowest BCUT2D eigenvalue weighted by Gasteiger charge is -1.93. The monoisotopic (exact) mass is 272 g/mol. The fourth-order valence-corrected chi connectivity index (χ4v) is 2.61. The van der Waals surface area contributed by atoms with Crippen molar-refractivity contribution in [1.29, 1.82) is 0 Å². The summed E-state index contributed by atoms with van der Waals surface area (Å²) in [5, 5.41) is 3.39. The topological polar surface area (TPSA) is 69.1 Å². The average Bonchev–Trinajstić information content (AvgIpc) is 3.05. The minimum Gasteiger partial charge on any atom is -0.452 e. The van der Waals surface area contributed by atoms with Gasteiger partial charge in [0.15, 0.2) is 5.76 Å². The molecule has 0 saturated carbocycles. The minimum atomic E-state index is -0.202. The number of rotatable bonds is 3. The normalized spacial score (nSPS) is 11.1. The number of aryl methyl sites for hydroxylation is 1. The van der Waals surface area contributed by atoms with Crippen molar-refractivity contribution >= 4 is 28.1 Å². The van der Waals surface area contributed by atoms with Crippen molar-refractivity contribution < 1.29 is 9.21 Å². The second-order valence-electron chi connectivity index (χ2n) is 4.26. The highest BCUT2D eigenvalue weighted by molar-refractivity contribution is 7.09. The molecule has 0 radical (unpaired) electrons. The lowest BCUT2D eigenvalue weighted by Crippen LogP contribution is -2.02. The molecule has 0 amide bonds. The van der Waals surface area contributed by atoms with E-state index in [9.17, 15) is 4.79 Å². The summed E-state index contributed by atoms with van der Waals surface area (Å²) in [7, 11) is 0. The van der Waals surface area contributed by atoms with Crippen LogP contribution in [0.25, 0.3) is 11.0 Å². The molecule has 0 bridgehead atoms. The Morgan fingerprint density at radius 3 is 3.00 bits per heavy atom. The van der Waals surface area contributed by atoms with Gasteiger partial charge in [-0.1, -0.05) is 18.2 Å². The van der Waals surface area contributed by atoms with Crippen molar-refractivity contribution in [3.8, 4) is 0 Å². The molecule has 0 aliphatic carbocycles. The van der Waals surface area contributed by atoms with Gasteiger partial charge < -0.3 is 10.2 Å². The number of hydrogen-bond donors (Lipinski definition) is 1. The van der Waals surface area contributed by atoms with Gasteiger partial charge in [0, 0.05) is 17.3 Å². The van der Waals surface area contributed by atoms with Crippen molar-refractivity contribution in [2.24, 2.45) is 5.73 Å². The predicted octanol–water partition coefficient (Wildman–Crippen LogP) is 2.89. The zero-order valence-electron chi connectivity index (χ0n) is 10.3. The summed E-state index contributed by atoms with van der Waals surface area (Å²) in [4.78, 5) is 16.4. The van der Waals surface area contributed by atoms with Crippen molar-refractivity contribution in [2.45, 2.75) is 13.5 Å². The van der Waals surface area contributed by atoms with E-state index in [4.69, 9.17) is 10.2 Å². The van der Waals surface area contributed by atoms with Crippen LogP contribution in [0.1, 0.15) is 26.8 Å². The molecule has 4 nitrogen and oxygen atoms in total. The number of ketones is 1. The molecule has 1 aromatic carbocycles. The number of hydrogen-bond acceptors (Lipinski definition) is 5. The summed E-state index contributed by atoms with van der Waals surface area (Å²) in [5.74, 6) is 0.115. The van der Waals surface area contributed by atoms with Crippen LogP contribution in [0.2, 0.25) is 0 Å². The number of para-hydroxylation sites is 1. The number of aromatic nitrogens is 1. The molecule has 0 atom stereocenters. The Morgan fingerprint density at radius 2 is 2.32 bits per heavy atom. The van der Waals surface area contributed by atoms with Crippen molar-refractivity contribution in [2.75, 3.05) is 0 Å². The first-order valence-electron chi connectivity index (χ1n) is 5.87. The van der Waals surface area contributed by atoms with E-state index < -0.39 is 0 Å². The highest BCUT2D eigenvalue weighted by Gasteiger charge is 2.18. The minimum absolute atomic E-state index is 0.202. The SMILES string of the molecule is Cc1cccc2cc(C(=O)c3csc(CN)n3)oc12. The Labute approximate surface area is 113 Å². The van der Waals surface area contributed by atoms with Gasteiger partial charge in [0.05, 0.1) is 0 Å². The van der Waals surface area contributed by atoms with Crippen LogP contribution in [0.15, 0.2) is 34.1 Å². The maximum Gasteiger partial charge on any atom is 0.247 e. The Kier molecular flexibility index (Phi) is 2.93. The van der Waals surface area contributed by atoms with E-state index in [2.05, 4.69) is 4.98 Å². The smallest absolute Gasteiger partial charge is 0.247 e. The fourth-order valence-electron chi connectivity index (χ4n) is 1.96. The van der Waals surface area contributed by atoms with Crippen LogP contribution in [0.5, 0.6) is 0 Å². The molecule has 19 heavy (non-hydrogen) atoms. The first-order valence-corrected chi connectivity index (χ1v) is 6.75. The van der Waals surface area contributed by atoms with E-state index >= 15 is 0 Å². The largest absolute Gasteiger partial charge is 0.452 e. The molecule has 0 unspecified atom stereocenters. The Balaban J connectivity index is 2.04. The van der Waals surface area contributed by atoms with Crippen LogP contribution >= 0.6 is 11.3 Å². The number of nitrogens with two attached hydrogens (primary N) is 1. The molecule has 0 aliphatic heterocycles. The van der Waals surface area contributed by atoms with Crippen LogP contribution < -0.4 is 5.73 Å². The fraction of sp³-hybridized carbons (Fsp3) is 0.143. The Bertz CT molecular complexity index is 758. The van der Waals surface area contributed by atoms with Crippen LogP contribution in [0, 0.1) is 6.92 Å². The zero-order chi connectivity index (χ0) is 13.4. The Morgan fingerprint density at radius 1 is 1.47 bits per heavy atom. The molecule has 2 heterocycles. The number of benzene rings is 1. The van der Waals surface area contributed by atoms with E-state index in [0.717, 1.165) is 21.5 Å². The molecule has 5 heteroatoms. The van der Waals surface area contributed by atoms with Crippen LogP contribution in [0.3, 0.4) is 0 Å². The van der Waals surface area contributed by atoms with Crippen molar-refractivity contribution in [3.05, 3.63) is 51.7 Å². The van der Waals surface area contributed by atoms with Gasteiger partial charge in [0.25, 0.3) is 0 Å². The highest BCUT2D eigenvalue weighted by Crippen LogP contribution is 2.24. The second kappa shape index (κ2) is 4.60. The molecule has 2 N–H and O–H groups in total. The molecule has 0 aliphatic rings. The molecule has 3 aromatic rings. The lowest BCUT2D eigenvalue weighted by molar-refractivity contribution is 0.101. The third-order valence-electron chi connectivity index (χ3n) is 2.92. The molecule has 2 aromatic heterocycles. The summed E-state index contributed by atoms with van der Waals surface area (Å²) in [5.41, 5.74) is 7.65. The molecule has 0 saturated heterocycles. The standard InChI is InChI=1S/C14H12N2O2S/c1-8-3-2-4-9-5-11(18-14(8)9)13(17)10-7-19-12(6-15)16-10/h2-5,7H,6,15H2,1H3. The van der Waals surface area contributed by atoms with Gasteiger partial charge in [0.1, 0.15) is 16.3 Å². The third kappa shape index (κ3) is 2.07. The number of fused-ring (bicyclic) bond motifs is 1. The number of carbonyl (C=O) groups excluding carboxylic acids is 1. The molecule has 0 spiro atoms. The lowest BCUT2D eigenvalue weighted by atomic mass is 10.1. The van der Waals surface area contributed by atoms with Gasteiger partial charge >= 0.3 is 0 Å². The van der Waals surface area contributed by atoms with Crippen LogP contribution in [-0.2, 0) is 6.54 Å². The van der Waals surface area contributed by atoms with Crippen LogP contribution in [0.4, 0.5) is 0 Å². The van der Waals surface area contributed by atoms with Gasteiger partial charge in [-0.2, -0.15) is 0 Å². The number of carbonyl (C=O) groups is 1. The molecule has 96 valence electrons. The van der Waals surface area contributed by atoms with Gasteiger partial charge in [0.2, 0.25) is 5.78 Å². The summed E-state index contributed by atoms with van der Waals surface area (Å²) in [6, 6.07) is 7.58. The van der Waals surface area contributed by atoms with Gasteiger partial charge in [-0.05, 0) is 18.6 Å². The first-order chi connectivity index (χ1) is 9.19. The maximum absolute atomic E-state index is 12.3. The molecule has 3 rings (SSSR count). The summed E-state index contributed by atoms with van der Waals surface area (Å²) >= 11 is 1.38. The summed E-state index contributed by atoms with van der Waals surface area (Å²) in [6.45, 7) is 2.30.